The van der Waals surface area contributed by atoms with Gasteiger partial charge in [-0.3, -0.25) is 0 Å². The number of ether oxygens (including phenoxy) is 2. The second kappa shape index (κ2) is 14.9. The van der Waals surface area contributed by atoms with Crippen LogP contribution in [-0.2, 0) is 19.1 Å². The minimum atomic E-state index is -1.45. The SMILES string of the molecule is O=C(O)/C=C(/Cl)C(=O)O.OCCOCCOCCO. The summed E-state index contributed by atoms with van der Waals surface area (Å²) in [6, 6.07) is 0. The Kier molecular flexibility index (Phi) is 15.8. The fourth-order valence-electron chi connectivity index (χ4n) is 0.621. The lowest BCUT2D eigenvalue weighted by atomic mass is 10.5. The molecule has 0 aliphatic rings. The first-order chi connectivity index (χ1) is 8.95. The summed E-state index contributed by atoms with van der Waals surface area (Å²) in [6.45, 7) is 1.73. The number of halogens is 1. The lowest BCUT2D eigenvalue weighted by Gasteiger charge is -2.01. The van der Waals surface area contributed by atoms with E-state index < -0.39 is 17.0 Å². The molecule has 4 N–H and O–H groups in total. The van der Waals surface area contributed by atoms with Gasteiger partial charge in [0, 0.05) is 6.08 Å². The van der Waals surface area contributed by atoms with Gasteiger partial charge in [-0.15, -0.1) is 0 Å². The highest BCUT2D eigenvalue weighted by Gasteiger charge is 2.03. The van der Waals surface area contributed by atoms with Crippen LogP contribution >= 0.6 is 11.6 Å². The number of aliphatic hydroxyl groups excluding tert-OH is 2. The van der Waals surface area contributed by atoms with E-state index in [9.17, 15) is 9.59 Å². The highest BCUT2D eigenvalue weighted by atomic mass is 35.5. The molecule has 0 aliphatic heterocycles. The molecule has 0 aromatic heterocycles. The van der Waals surface area contributed by atoms with Crippen LogP contribution in [0.3, 0.4) is 0 Å². The summed E-state index contributed by atoms with van der Waals surface area (Å²) in [5.41, 5.74) is 0. The van der Waals surface area contributed by atoms with Crippen molar-refractivity contribution < 1.29 is 39.5 Å². The molecule has 0 saturated carbocycles. The molecule has 0 radical (unpaired) electrons. The topological polar surface area (TPSA) is 134 Å². The van der Waals surface area contributed by atoms with E-state index in [4.69, 9.17) is 41.5 Å². The van der Waals surface area contributed by atoms with Crippen molar-refractivity contribution in [2.45, 2.75) is 0 Å². The Balaban J connectivity index is 0. The van der Waals surface area contributed by atoms with Gasteiger partial charge in [0.05, 0.1) is 39.6 Å². The van der Waals surface area contributed by atoms with E-state index in [0.717, 1.165) is 0 Å². The third-order valence-corrected chi connectivity index (χ3v) is 1.57. The minimum absolute atomic E-state index is 0.0417. The molecule has 0 bridgehead atoms. The fraction of sp³-hybridized carbons (Fsp3) is 0.600. The Morgan fingerprint density at radius 3 is 1.58 bits per heavy atom. The fourth-order valence-corrected chi connectivity index (χ4v) is 0.715. The summed E-state index contributed by atoms with van der Waals surface area (Å²) in [6.07, 6.45) is 0.407. The van der Waals surface area contributed by atoms with Crippen molar-refractivity contribution in [3.63, 3.8) is 0 Å². The van der Waals surface area contributed by atoms with Crippen LogP contribution in [0.5, 0.6) is 0 Å². The average Bonchev–Trinajstić information content (AvgIpc) is 2.33. The number of aliphatic hydroxyl groups is 2. The van der Waals surface area contributed by atoms with Crippen LogP contribution < -0.4 is 0 Å². The highest BCUT2D eigenvalue weighted by Crippen LogP contribution is 1.98. The van der Waals surface area contributed by atoms with E-state index in [-0.39, 0.29) is 13.2 Å². The first kappa shape index (κ1) is 20.1. The van der Waals surface area contributed by atoms with Crippen molar-refractivity contribution in [3.05, 3.63) is 11.1 Å². The largest absolute Gasteiger partial charge is 0.478 e. The molecule has 9 heteroatoms. The van der Waals surface area contributed by atoms with Crippen molar-refractivity contribution in [2.24, 2.45) is 0 Å². The summed E-state index contributed by atoms with van der Waals surface area (Å²) >= 11 is 4.89. The molecule has 0 rings (SSSR count). The van der Waals surface area contributed by atoms with E-state index in [1.54, 1.807) is 0 Å². The van der Waals surface area contributed by atoms with Gasteiger partial charge in [-0.1, -0.05) is 11.6 Å². The van der Waals surface area contributed by atoms with Crippen LogP contribution in [0.25, 0.3) is 0 Å². The summed E-state index contributed by atoms with van der Waals surface area (Å²) < 4.78 is 9.75. The van der Waals surface area contributed by atoms with Crippen LogP contribution in [0.4, 0.5) is 0 Å². The Labute approximate surface area is 114 Å². The van der Waals surface area contributed by atoms with Gasteiger partial charge >= 0.3 is 11.9 Å². The standard InChI is InChI=1S/C6H14O4.C4H3ClO4/c7-1-3-9-5-6-10-4-2-8;5-2(4(8)9)1-3(6)7/h7-8H,1-6H2;1H,(H,6,7)(H,8,9)/b;2-1+. The number of carbonyl (C=O) groups is 2. The van der Waals surface area contributed by atoms with E-state index >= 15 is 0 Å². The summed E-state index contributed by atoms with van der Waals surface area (Å²) in [4.78, 5) is 19.5. The first-order valence-corrected chi connectivity index (χ1v) is 5.54. The maximum absolute atomic E-state index is 9.77. The van der Waals surface area contributed by atoms with E-state index in [0.29, 0.717) is 32.5 Å². The maximum Gasteiger partial charge on any atom is 0.347 e. The van der Waals surface area contributed by atoms with E-state index in [2.05, 4.69) is 0 Å². The van der Waals surface area contributed by atoms with Gasteiger partial charge in [-0.05, 0) is 0 Å². The molecule has 0 aromatic rings. The monoisotopic (exact) mass is 300 g/mol. The lowest BCUT2D eigenvalue weighted by molar-refractivity contribution is -0.134. The van der Waals surface area contributed by atoms with Crippen LogP contribution in [0.1, 0.15) is 0 Å². The minimum Gasteiger partial charge on any atom is -0.478 e. The van der Waals surface area contributed by atoms with Crippen molar-refractivity contribution in [1.29, 1.82) is 0 Å². The molecule has 0 aliphatic carbocycles. The quantitative estimate of drug-likeness (QED) is 0.324. The van der Waals surface area contributed by atoms with Crippen LogP contribution in [0.2, 0.25) is 0 Å². The Hall–Kier alpha value is -1.19. The van der Waals surface area contributed by atoms with Gasteiger partial charge in [0.15, 0.2) is 0 Å². The number of carboxylic acid groups (broad SMARTS) is 2. The predicted molar refractivity (Wildman–Crippen MR) is 65.0 cm³/mol. The van der Waals surface area contributed by atoms with Gasteiger partial charge in [-0.2, -0.15) is 0 Å². The van der Waals surface area contributed by atoms with Gasteiger partial charge in [-0.25, -0.2) is 9.59 Å². The zero-order valence-corrected chi connectivity index (χ0v) is 10.9. The number of rotatable bonds is 9. The predicted octanol–water partition coefficient (Wildman–Crippen LogP) is -0.718. The Morgan fingerprint density at radius 2 is 1.37 bits per heavy atom. The van der Waals surface area contributed by atoms with Gasteiger partial charge in [0.25, 0.3) is 0 Å². The maximum atomic E-state index is 9.77. The molecule has 0 unspecified atom stereocenters. The Bertz CT molecular complexity index is 271. The molecule has 0 aromatic carbocycles. The van der Waals surface area contributed by atoms with Crippen molar-refractivity contribution >= 4 is 23.5 Å². The zero-order valence-electron chi connectivity index (χ0n) is 10.1. The second-order valence-electron chi connectivity index (χ2n) is 2.81. The molecule has 112 valence electrons. The van der Waals surface area contributed by atoms with Crippen LogP contribution in [-0.4, -0.2) is 72.0 Å². The molecule has 19 heavy (non-hydrogen) atoms. The van der Waals surface area contributed by atoms with Crippen molar-refractivity contribution in [3.8, 4) is 0 Å². The number of hydrogen-bond acceptors (Lipinski definition) is 6. The highest BCUT2D eigenvalue weighted by molar-refractivity contribution is 6.42. The molecular formula is C10H17ClO8. The molecule has 8 nitrogen and oxygen atoms in total. The summed E-state index contributed by atoms with van der Waals surface area (Å²) in [7, 11) is 0. The first-order valence-electron chi connectivity index (χ1n) is 5.16. The molecule has 0 atom stereocenters. The van der Waals surface area contributed by atoms with Gasteiger partial charge < -0.3 is 29.9 Å². The second-order valence-corrected chi connectivity index (χ2v) is 3.21. The molecule has 0 spiro atoms. The normalized spacial score (nSPS) is 10.6. The molecule has 0 heterocycles. The molecule has 0 amide bonds. The van der Waals surface area contributed by atoms with E-state index in [1.165, 1.54) is 0 Å². The third kappa shape index (κ3) is 19.3. The lowest BCUT2D eigenvalue weighted by Crippen LogP contribution is -2.09. The van der Waals surface area contributed by atoms with E-state index in [1.807, 2.05) is 0 Å². The summed E-state index contributed by atoms with van der Waals surface area (Å²) in [5, 5.41) is 31.7. The van der Waals surface area contributed by atoms with Gasteiger partial charge in [0.1, 0.15) is 5.03 Å². The summed E-state index contributed by atoms with van der Waals surface area (Å²) in [5.74, 6) is -2.82. The third-order valence-electron chi connectivity index (χ3n) is 1.30. The smallest absolute Gasteiger partial charge is 0.347 e. The molecule has 0 saturated heterocycles. The van der Waals surface area contributed by atoms with Crippen LogP contribution in [0.15, 0.2) is 11.1 Å². The van der Waals surface area contributed by atoms with Crippen LogP contribution in [0, 0.1) is 0 Å². The molecular weight excluding hydrogens is 284 g/mol. The Morgan fingerprint density at radius 1 is 0.947 bits per heavy atom. The number of hydrogen-bond donors (Lipinski definition) is 4. The molecule has 0 fully saturated rings. The average molecular weight is 301 g/mol. The van der Waals surface area contributed by atoms with Crippen molar-refractivity contribution in [2.75, 3.05) is 39.6 Å². The number of carboxylic acids is 2. The number of aliphatic carboxylic acids is 2. The van der Waals surface area contributed by atoms with Crippen molar-refractivity contribution in [1.82, 2.24) is 0 Å². The zero-order chi connectivity index (χ0) is 15.1. The van der Waals surface area contributed by atoms with Gasteiger partial charge in [0.2, 0.25) is 0 Å².